The van der Waals surface area contributed by atoms with Crippen LogP contribution in [0.3, 0.4) is 0 Å². The van der Waals surface area contributed by atoms with Crippen LogP contribution in [0.1, 0.15) is 24.1 Å². The average Bonchev–Trinajstić information content (AvgIpc) is 2.81. The molecule has 2 aromatic carbocycles. The van der Waals surface area contributed by atoms with Gasteiger partial charge in [-0.05, 0) is 30.2 Å². The first-order valence-electron chi connectivity index (χ1n) is 11.3. The molecule has 2 unspecified atom stereocenters. The van der Waals surface area contributed by atoms with E-state index in [9.17, 15) is 17.6 Å². The first-order valence-corrected chi connectivity index (χ1v) is 13.5. The highest BCUT2D eigenvalue weighted by Gasteiger charge is 2.32. The SMILES string of the molecule is CCN(CC(c1ccccc1F)N1CCN(C(=O)C(N)Cc2ccc(Cl)cc2)CC1)S(C)(=O)=O. The van der Waals surface area contributed by atoms with E-state index in [1.54, 1.807) is 42.2 Å². The summed E-state index contributed by atoms with van der Waals surface area (Å²) in [5.41, 5.74) is 7.58. The number of nitrogens with two attached hydrogens (primary N) is 1. The monoisotopic (exact) mass is 510 g/mol. The Morgan fingerprint density at radius 1 is 1.12 bits per heavy atom. The number of hydrogen-bond donors (Lipinski definition) is 1. The number of halogens is 2. The van der Waals surface area contributed by atoms with E-state index in [-0.39, 0.29) is 18.3 Å². The number of hydrogen-bond acceptors (Lipinski definition) is 5. The van der Waals surface area contributed by atoms with Crippen molar-refractivity contribution in [2.75, 3.05) is 45.5 Å². The van der Waals surface area contributed by atoms with Crippen LogP contribution in [0.2, 0.25) is 5.02 Å². The first kappa shape index (κ1) is 26.6. The van der Waals surface area contributed by atoms with E-state index >= 15 is 0 Å². The Hall–Kier alpha value is -2.04. The van der Waals surface area contributed by atoms with Gasteiger partial charge in [-0.1, -0.05) is 48.9 Å². The predicted octanol–water partition coefficient (Wildman–Crippen LogP) is 2.52. The Kier molecular flexibility index (Phi) is 9.06. The Labute approximate surface area is 206 Å². The molecule has 0 saturated carbocycles. The van der Waals surface area contributed by atoms with Crippen molar-refractivity contribution in [2.45, 2.75) is 25.4 Å². The van der Waals surface area contributed by atoms with Crippen molar-refractivity contribution in [3.05, 3.63) is 70.5 Å². The highest BCUT2D eigenvalue weighted by molar-refractivity contribution is 7.88. The summed E-state index contributed by atoms with van der Waals surface area (Å²) in [5, 5.41) is 0.627. The van der Waals surface area contributed by atoms with Gasteiger partial charge in [-0.3, -0.25) is 9.69 Å². The second-order valence-electron chi connectivity index (χ2n) is 8.55. The average molecular weight is 511 g/mol. The van der Waals surface area contributed by atoms with Gasteiger partial charge in [0, 0.05) is 49.9 Å². The second-order valence-corrected chi connectivity index (χ2v) is 11.0. The maximum absolute atomic E-state index is 14.7. The molecule has 1 heterocycles. The highest BCUT2D eigenvalue weighted by Crippen LogP contribution is 2.27. The molecule has 0 aromatic heterocycles. The minimum Gasteiger partial charge on any atom is -0.339 e. The summed E-state index contributed by atoms with van der Waals surface area (Å²) in [7, 11) is -3.44. The Morgan fingerprint density at radius 2 is 1.74 bits per heavy atom. The molecule has 0 radical (unpaired) electrons. The molecule has 3 rings (SSSR count). The van der Waals surface area contributed by atoms with Crippen LogP contribution in [0, 0.1) is 5.82 Å². The van der Waals surface area contributed by atoms with Gasteiger partial charge in [0.05, 0.1) is 18.3 Å². The molecule has 7 nitrogen and oxygen atoms in total. The van der Waals surface area contributed by atoms with Gasteiger partial charge in [0.1, 0.15) is 5.82 Å². The third-order valence-electron chi connectivity index (χ3n) is 6.22. The standard InChI is InChI=1S/C24H32ClFN4O3S/c1-3-30(34(2,32)33)17-23(20-6-4-5-7-21(20)26)28-12-14-29(15-13-28)24(31)22(27)16-18-8-10-19(25)11-9-18/h4-11,22-23H,3,12-17,27H2,1-2H3. The van der Waals surface area contributed by atoms with Crippen LogP contribution in [0.25, 0.3) is 0 Å². The Morgan fingerprint density at radius 3 is 2.29 bits per heavy atom. The molecule has 186 valence electrons. The van der Waals surface area contributed by atoms with Gasteiger partial charge < -0.3 is 10.6 Å². The van der Waals surface area contributed by atoms with E-state index in [0.29, 0.717) is 49.7 Å². The molecule has 1 aliphatic rings. The predicted molar refractivity (Wildman–Crippen MR) is 133 cm³/mol. The molecule has 2 N–H and O–H groups in total. The lowest BCUT2D eigenvalue weighted by atomic mass is 10.0. The molecule has 1 amide bonds. The van der Waals surface area contributed by atoms with Crippen LogP contribution in [0.5, 0.6) is 0 Å². The van der Waals surface area contributed by atoms with E-state index in [1.165, 1.54) is 10.4 Å². The van der Waals surface area contributed by atoms with Crippen LogP contribution in [0.15, 0.2) is 48.5 Å². The summed E-state index contributed by atoms with van der Waals surface area (Å²) in [6.07, 6.45) is 1.57. The molecule has 1 aliphatic heterocycles. The van der Waals surface area contributed by atoms with Crippen molar-refractivity contribution >= 4 is 27.5 Å². The fourth-order valence-corrected chi connectivity index (χ4v) is 5.30. The van der Waals surface area contributed by atoms with Gasteiger partial charge in [0.25, 0.3) is 0 Å². The van der Waals surface area contributed by atoms with Crippen molar-refractivity contribution in [3.8, 4) is 0 Å². The van der Waals surface area contributed by atoms with Crippen molar-refractivity contribution in [3.63, 3.8) is 0 Å². The normalized spacial score (nSPS) is 17.1. The number of sulfonamides is 1. The van der Waals surface area contributed by atoms with Crippen LogP contribution < -0.4 is 5.73 Å². The number of rotatable bonds is 9. The smallest absolute Gasteiger partial charge is 0.239 e. The number of amides is 1. The first-order chi connectivity index (χ1) is 16.1. The third-order valence-corrected chi connectivity index (χ3v) is 7.81. The summed E-state index contributed by atoms with van der Waals surface area (Å²) >= 11 is 5.92. The van der Waals surface area contributed by atoms with Gasteiger partial charge >= 0.3 is 0 Å². The molecular formula is C24H32ClFN4O3S. The molecule has 1 fully saturated rings. The number of nitrogens with zero attached hydrogens (tertiary/aromatic N) is 3. The summed E-state index contributed by atoms with van der Waals surface area (Å²) in [6.45, 7) is 4.03. The van der Waals surface area contributed by atoms with E-state index in [4.69, 9.17) is 17.3 Å². The zero-order valence-corrected chi connectivity index (χ0v) is 21.1. The van der Waals surface area contributed by atoms with E-state index in [2.05, 4.69) is 0 Å². The quantitative estimate of drug-likeness (QED) is 0.560. The fourth-order valence-electron chi connectivity index (χ4n) is 4.30. The lowest BCUT2D eigenvalue weighted by molar-refractivity contribution is -0.134. The molecular weight excluding hydrogens is 479 g/mol. The van der Waals surface area contributed by atoms with Crippen molar-refractivity contribution in [1.29, 1.82) is 0 Å². The largest absolute Gasteiger partial charge is 0.339 e. The summed E-state index contributed by atoms with van der Waals surface area (Å²) in [4.78, 5) is 16.7. The molecule has 2 aromatic rings. The van der Waals surface area contributed by atoms with E-state index < -0.39 is 22.1 Å². The van der Waals surface area contributed by atoms with E-state index in [1.807, 2.05) is 17.0 Å². The minimum atomic E-state index is -3.44. The maximum Gasteiger partial charge on any atom is 0.239 e. The van der Waals surface area contributed by atoms with Gasteiger partial charge in [0.2, 0.25) is 15.9 Å². The Balaban J connectivity index is 1.69. The summed E-state index contributed by atoms with van der Waals surface area (Å²) in [5.74, 6) is -0.510. The number of likely N-dealkylation sites (N-methyl/N-ethyl adjacent to an activating group) is 1. The minimum absolute atomic E-state index is 0.136. The topological polar surface area (TPSA) is 86.9 Å². The van der Waals surface area contributed by atoms with Gasteiger partial charge in [-0.15, -0.1) is 0 Å². The molecule has 2 atom stereocenters. The number of carbonyl (C=O) groups is 1. The lowest BCUT2D eigenvalue weighted by Gasteiger charge is -2.41. The number of benzene rings is 2. The zero-order chi connectivity index (χ0) is 24.9. The van der Waals surface area contributed by atoms with Gasteiger partial charge in [-0.25, -0.2) is 17.1 Å². The van der Waals surface area contributed by atoms with Crippen LogP contribution in [-0.2, 0) is 21.2 Å². The summed E-state index contributed by atoms with van der Waals surface area (Å²) in [6, 6.07) is 12.6. The summed E-state index contributed by atoms with van der Waals surface area (Å²) < 4.78 is 40.5. The van der Waals surface area contributed by atoms with Gasteiger partial charge in [0.15, 0.2) is 0 Å². The van der Waals surface area contributed by atoms with Gasteiger partial charge in [-0.2, -0.15) is 0 Å². The van der Waals surface area contributed by atoms with Crippen molar-refractivity contribution in [1.82, 2.24) is 14.1 Å². The second kappa shape index (κ2) is 11.6. The number of carbonyl (C=O) groups excluding carboxylic acids is 1. The fraction of sp³-hybridized carbons (Fsp3) is 0.458. The molecule has 0 aliphatic carbocycles. The third kappa shape index (κ3) is 6.76. The lowest BCUT2D eigenvalue weighted by Crippen LogP contribution is -2.55. The molecule has 0 bridgehead atoms. The molecule has 10 heteroatoms. The van der Waals surface area contributed by atoms with Crippen molar-refractivity contribution in [2.24, 2.45) is 5.73 Å². The van der Waals surface area contributed by atoms with Crippen LogP contribution >= 0.6 is 11.6 Å². The maximum atomic E-state index is 14.7. The molecule has 0 spiro atoms. The number of piperazine rings is 1. The van der Waals surface area contributed by atoms with E-state index in [0.717, 1.165) is 11.8 Å². The highest BCUT2D eigenvalue weighted by atomic mass is 35.5. The van der Waals surface area contributed by atoms with Crippen LogP contribution in [-0.4, -0.2) is 80.0 Å². The molecule has 34 heavy (non-hydrogen) atoms. The van der Waals surface area contributed by atoms with Crippen molar-refractivity contribution < 1.29 is 17.6 Å². The Bertz CT molecular complexity index is 1080. The molecule has 1 saturated heterocycles. The van der Waals surface area contributed by atoms with Crippen LogP contribution in [0.4, 0.5) is 4.39 Å². The zero-order valence-electron chi connectivity index (χ0n) is 19.5.